The van der Waals surface area contributed by atoms with Crippen molar-refractivity contribution in [3.05, 3.63) is 29.3 Å². The second kappa shape index (κ2) is 4.56. The number of carbonyl (C=O) groups excluding carboxylic acids is 1. The van der Waals surface area contributed by atoms with E-state index < -0.39 is 0 Å². The van der Waals surface area contributed by atoms with Crippen LogP contribution in [-0.2, 0) is 12.8 Å². The van der Waals surface area contributed by atoms with Gasteiger partial charge in [0.05, 0.1) is 0 Å². The molecule has 0 saturated heterocycles. The molecular weight excluding hydrogens is 202 g/mol. The van der Waals surface area contributed by atoms with Crippen molar-refractivity contribution in [3.63, 3.8) is 0 Å². The van der Waals surface area contributed by atoms with Crippen molar-refractivity contribution in [2.45, 2.75) is 25.7 Å². The van der Waals surface area contributed by atoms with Crippen LogP contribution in [-0.4, -0.2) is 25.1 Å². The number of hydrogen-bond donors (Lipinski definition) is 0. The van der Waals surface area contributed by atoms with Crippen molar-refractivity contribution in [2.75, 3.05) is 14.1 Å². The summed E-state index contributed by atoms with van der Waals surface area (Å²) in [5, 5.41) is 0. The van der Waals surface area contributed by atoms with Gasteiger partial charge < -0.3 is 9.64 Å². The SMILES string of the molecule is CN(C)C(=O)Oc1cccc2c1CCCC2. The largest absolute Gasteiger partial charge is 0.414 e. The first kappa shape index (κ1) is 11.0. The lowest BCUT2D eigenvalue weighted by Gasteiger charge is -2.19. The predicted molar refractivity (Wildman–Crippen MR) is 62.8 cm³/mol. The van der Waals surface area contributed by atoms with Gasteiger partial charge in [0.25, 0.3) is 0 Å². The van der Waals surface area contributed by atoms with Crippen LogP contribution in [0.2, 0.25) is 0 Å². The van der Waals surface area contributed by atoms with Gasteiger partial charge in [-0.2, -0.15) is 0 Å². The van der Waals surface area contributed by atoms with E-state index in [1.54, 1.807) is 14.1 Å². The van der Waals surface area contributed by atoms with Gasteiger partial charge in [0.1, 0.15) is 5.75 Å². The van der Waals surface area contributed by atoms with E-state index in [-0.39, 0.29) is 6.09 Å². The molecule has 0 fully saturated rings. The predicted octanol–water partition coefficient (Wildman–Crippen LogP) is 2.63. The number of amides is 1. The molecule has 1 aromatic rings. The summed E-state index contributed by atoms with van der Waals surface area (Å²) >= 11 is 0. The summed E-state index contributed by atoms with van der Waals surface area (Å²) in [6, 6.07) is 5.97. The zero-order valence-electron chi connectivity index (χ0n) is 9.82. The highest BCUT2D eigenvalue weighted by atomic mass is 16.6. The second-order valence-corrected chi connectivity index (χ2v) is 4.36. The quantitative estimate of drug-likeness (QED) is 0.726. The molecule has 0 bridgehead atoms. The zero-order chi connectivity index (χ0) is 11.5. The van der Waals surface area contributed by atoms with E-state index >= 15 is 0 Å². The summed E-state index contributed by atoms with van der Waals surface area (Å²) in [6.07, 6.45) is 4.23. The van der Waals surface area contributed by atoms with Gasteiger partial charge in [0, 0.05) is 14.1 Å². The topological polar surface area (TPSA) is 29.5 Å². The number of nitrogens with zero attached hydrogens (tertiary/aromatic N) is 1. The minimum absolute atomic E-state index is 0.307. The number of carbonyl (C=O) groups is 1. The van der Waals surface area contributed by atoms with Crippen LogP contribution in [0.25, 0.3) is 0 Å². The van der Waals surface area contributed by atoms with Crippen LogP contribution in [0.1, 0.15) is 24.0 Å². The number of fused-ring (bicyclic) bond motifs is 1. The Hall–Kier alpha value is -1.51. The van der Waals surface area contributed by atoms with E-state index in [2.05, 4.69) is 6.07 Å². The van der Waals surface area contributed by atoms with Crippen LogP contribution in [0.5, 0.6) is 5.75 Å². The van der Waals surface area contributed by atoms with Crippen LogP contribution in [0.4, 0.5) is 4.79 Å². The third-order valence-corrected chi connectivity index (χ3v) is 2.92. The fraction of sp³-hybridized carbons (Fsp3) is 0.462. The Balaban J connectivity index is 2.24. The molecule has 0 N–H and O–H groups in total. The number of aryl methyl sites for hydroxylation is 1. The van der Waals surface area contributed by atoms with Crippen molar-refractivity contribution in [1.82, 2.24) is 4.90 Å². The second-order valence-electron chi connectivity index (χ2n) is 4.36. The van der Waals surface area contributed by atoms with Crippen LogP contribution < -0.4 is 4.74 Å². The molecule has 0 unspecified atom stereocenters. The summed E-state index contributed by atoms with van der Waals surface area (Å²) in [6.45, 7) is 0. The molecule has 0 saturated carbocycles. The van der Waals surface area contributed by atoms with Crippen LogP contribution >= 0.6 is 0 Å². The lowest BCUT2D eigenvalue weighted by molar-refractivity contribution is 0.171. The van der Waals surface area contributed by atoms with Crippen LogP contribution in [0.15, 0.2) is 18.2 Å². The van der Waals surface area contributed by atoms with E-state index in [0.29, 0.717) is 0 Å². The molecule has 0 radical (unpaired) electrons. The van der Waals surface area contributed by atoms with E-state index in [4.69, 9.17) is 4.74 Å². The lowest BCUT2D eigenvalue weighted by atomic mass is 9.91. The number of ether oxygens (including phenoxy) is 1. The third kappa shape index (κ3) is 2.18. The van der Waals surface area contributed by atoms with Gasteiger partial charge in [-0.25, -0.2) is 4.79 Å². The lowest BCUT2D eigenvalue weighted by Crippen LogP contribution is -2.26. The summed E-state index contributed by atoms with van der Waals surface area (Å²) in [5.74, 6) is 0.732. The molecule has 1 aliphatic rings. The molecule has 0 heterocycles. The average molecular weight is 219 g/mol. The normalized spacial score (nSPS) is 14.1. The molecule has 1 amide bonds. The fourth-order valence-electron chi connectivity index (χ4n) is 2.03. The molecule has 0 spiro atoms. The highest BCUT2D eigenvalue weighted by Crippen LogP contribution is 2.29. The molecule has 2 rings (SSSR count). The van der Waals surface area contributed by atoms with Crippen LogP contribution in [0.3, 0.4) is 0 Å². The number of hydrogen-bond acceptors (Lipinski definition) is 2. The highest BCUT2D eigenvalue weighted by Gasteiger charge is 2.16. The summed E-state index contributed by atoms with van der Waals surface area (Å²) < 4.78 is 5.36. The first-order valence-electron chi connectivity index (χ1n) is 5.68. The molecule has 16 heavy (non-hydrogen) atoms. The smallest absolute Gasteiger partial charge is 0.410 e. The highest BCUT2D eigenvalue weighted by molar-refractivity contribution is 5.70. The van der Waals surface area contributed by atoms with Crippen molar-refractivity contribution >= 4 is 6.09 Å². The zero-order valence-corrected chi connectivity index (χ0v) is 9.82. The average Bonchev–Trinajstić information content (AvgIpc) is 2.29. The van der Waals surface area contributed by atoms with Crippen molar-refractivity contribution in [1.29, 1.82) is 0 Å². The Labute approximate surface area is 96.0 Å². The van der Waals surface area contributed by atoms with Gasteiger partial charge in [-0.3, -0.25) is 0 Å². The molecule has 86 valence electrons. The molecule has 0 atom stereocenters. The third-order valence-electron chi connectivity index (χ3n) is 2.92. The van der Waals surface area contributed by atoms with Gasteiger partial charge in [0.2, 0.25) is 0 Å². The first-order chi connectivity index (χ1) is 7.68. The monoisotopic (exact) mass is 219 g/mol. The molecule has 1 aliphatic carbocycles. The van der Waals surface area contributed by atoms with Crippen molar-refractivity contribution < 1.29 is 9.53 Å². The molecule has 3 heteroatoms. The van der Waals surface area contributed by atoms with Gasteiger partial charge in [-0.05, 0) is 42.9 Å². The first-order valence-corrected chi connectivity index (χ1v) is 5.68. The van der Waals surface area contributed by atoms with Gasteiger partial charge in [-0.15, -0.1) is 0 Å². The maximum Gasteiger partial charge on any atom is 0.414 e. The Morgan fingerprint density at radius 1 is 1.25 bits per heavy atom. The Bertz CT molecular complexity index is 399. The Morgan fingerprint density at radius 2 is 2.00 bits per heavy atom. The molecule has 0 aliphatic heterocycles. The maximum atomic E-state index is 11.5. The van der Waals surface area contributed by atoms with Gasteiger partial charge in [-0.1, -0.05) is 12.1 Å². The number of benzene rings is 1. The number of rotatable bonds is 1. The van der Waals surface area contributed by atoms with Crippen molar-refractivity contribution in [3.8, 4) is 5.75 Å². The summed E-state index contributed by atoms with van der Waals surface area (Å²) in [4.78, 5) is 12.9. The van der Waals surface area contributed by atoms with E-state index in [0.717, 1.165) is 18.6 Å². The molecular formula is C13H17NO2. The summed E-state index contributed by atoms with van der Waals surface area (Å²) in [7, 11) is 3.38. The van der Waals surface area contributed by atoms with Crippen LogP contribution in [0, 0.1) is 0 Å². The molecule has 3 nitrogen and oxygen atoms in total. The minimum Gasteiger partial charge on any atom is -0.410 e. The molecule has 0 aromatic heterocycles. The van der Waals surface area contributed by atoms with E-state index in [1.807, 2.05) is 12.1 Å². The Kier molecular flexibility index (Phi) is 3.13. The Morgan fingerprint density at radius 3 is 2.75 bits per heavy atom. The fourth-order valence-corrected chi connectivity index (χ4v) is 2.03. The van der Waals surface area contributed by atoms with E-state index in [1.165, 1.54) is 28.9 Å². The summed E-state index contributed by atoms with van der Waals surface area (Å²) in [5.41, 5.74) is 2.54. The van der Waals surface area contributed by atoms with Gasteiger partial charge in [0.15, 0.2) is 0 Å². The maximum absolute atomic E-state index is 11.5. The van der Waals surface area contributed by atoms with E-state index in [9.17, 15) is 4.79 Å². The standard InChI is InChI=1S/C13H17NO2/c1-14(2)13(15)16-12-9-5-7-10-6-3-4-8-11(10)12/h5,7,9H,3-4,6,8H2,1-2H3. The minimum atomic E-state index is -0.307. The van der Waals surface area contributed by atoms with Gasteiger partial charge >= 0.3 is 6.09 Å². The molecule has 1 aromatic carbocycles. The van der Waals surface area contributed by atoms with Crippen molar-refractivity contribution in [2.24, 2.45) is 0 Å².